The second kappa shape index (κ2) is 6.36. The van der Waals surface area contributed by atoms with E-state index in [-0.39, 0.29) is 5.82 Å². The Morgan fingerprint density at radius 3 is 2.50 bits per heavy atom. The number of hydrogen-bond donors (Lipinski definition) is 1. The maximum Gasteiger partial charge on any atom is 0.137 e. The van der Waals surface area contributed by atoms with Gasteiger partial charge in [0.05, 0.1) is 4.47 Å². The molecule has 1 atom stereocenters. The van der Waals surface area contributed by atoms with E-state index in [2.05, 4.69) is 35.1 Å². The zero-order valence-corrected chi connectivity index (χ0v) is 11.6. The van der Waals surface area contributed by atoms with Gasteiger partial charge in [-0.1, -0.05) is 19.9 Å². The van der Waals surface area contributed by atoms with Gasteiger partial charge in [0.1, 0.15) is 5.82 Å². The van der Waals surface area contributed by atoms with Crippen LogP contribution in [-0.2, 0) is 0 Å². The van der Waals surface area contributed by atoms with Crippen LogP contribution in [0.3, 0.4) is 0 Å². The van der Waals surface area contributed by atoms with Crippen molar-refractivity contribution in [3.05, 3.63) is 34.1 Å². The third kappa shape index (κ3) is 3.87. The molecule has 1 nitrogen and oxygen atoms in total. The van der Waals surface area contributed by atoms with Crippen LogP contribution in [0.1, 0.15) is 38.3 Å². The molecule has 1 aromatic rings. The molecular formula is C13H19BrFN. The first kappa shape index (κ1) is 13.7. The van der Waals surface area contributed by atoms with E-state index in [1.54, 1.807) is 0 Å². The summed E-state index contributed by atoms with van der Waals surface area (Å²) < 4.78 is 13.6. The largest absolute Gasteiger partial charge is 0.313 e. The van der Waals surface area contributed by atoms with Gasteiger partial charge in [0, 0.05) is 6.04 Å². The molecule has 0 heterocycles. The van der Waals surface area contributed by atoms with Gasteiger partial charge in [0.2, 0.25) is 0 Å². The summed E-state index contributed by atoms with van der Waals surface area (Å²) in [5.41, 5.74) is 1.14. The molecule has 1 unspecified atom stereocenters. The summed E-state index contributed by atoms with van der Waals surface area (Å²) in [4.78, 5) is 0. The molecule has 0 radical (unpaired) electrons. The number of rotatable bonds is 5. The van der Waals surface area contributed by atoms with Crippen molar-refractivity contribution in [3.63, 3.8) is 0 Å². The van der Waals surface area contributed by atoms with E-state index < -0.39 is 0 Å². The van der Waals surface area contributed by atoms with E-state index >= 15 is 0 Å². The molecule has 0 bridgehead atoms. The maximum absolute atomic E-state index is 13.1. The molecule has 0 aliphatic rings. The lowest BCUT2D eigenvalue weighted by molar-refractivity contribution is 0.464. The Bertz CT molecular complexity index is 339. The second-order valence-electron chi connectivity index (χ2n) is 4.49. The monoisotopic (exact) mass is 287 g/mol. The Labute approximate surface area is 106 Å². The lowest BCUT2D eigenvalue weighted by Gasteiger charge is -2.18. The first-order valence-electron chi connectivity index (χ1n) is 5.66. The van der Waals surface area contributed by atoms with Gasteiger partial charge in [0.25, 0.3) is 0 Å². The van der Waals surface area contributed by atoms with Gasteiger partial charge in [-0.25, -0.2) is 4.39 Å². The number of hydrogen-bond acceptors (Lipinski definition) is 1. The van der Waals surface area contributed by atoms with Gasteiger partial charge in [-0.05, 0) is 59.4 Å². The Kier molecular flexibility index (Phi) is 5.42. The van der Waals surface area contributed by atoms with Crippen molar-refractivity contribution in [1.29, 1.82) is 0 Å². The van der Waals surface area contributed by atoms with E-state index in [1.807, 2.05) is 19.2 Å². The summed E-state index contributed by atoms with van der Waals surface area (Å²) in [6.07, 6.45) is 2.24. The smallest absolute Gasteiger partial charge is 0.137 e. The van der Waals surface area contributed by atoms with Crippen molar-refractivity contribution in [2.45, 2.75) is 32.7 Å². The molecule has 1 N–H and O–H groups in total. The molecule has 0 amide bonds. The van der Waals surface area contributed by atoms with Crippen molar-refractivity contribution in [2.24, 2.45) is 5.92 Å². The lowest BCUT2D eigenvalue weighted by atomic mass is 9.98. The Morgan fingerprint density at radius 1 is 1.31 bits per heavy atom. The minimum absolute atomic E-state index is 0.206. The van der Waals surface area contributed by atoms with Crippen LogP contribution in [0.25, 0.3) is 0 Å². The quantitative estimate of drug-likeness (QED) is 0.852. The fourth-order valence-electron chi connectivity index (χ4n) is 1.71. The third-order valence-electron chi connectivity index (χ3n) is 2.73. The molecule has 90 valence electrons. The minimum Gasteiger partial charge on any atom is -0.313 e. The summed E-state index contributed by atoms with van der Waals surface area (Å²) in [6, 6.07) is 5.52. The lowest BCUT2D eigenvalue weighted by Crippen LogP contribution is -2.17. The highest BCUT2D eigenvalue weighted by Crippen LogP contribution is 2.25. The number of benzene rings is 1. The fraction of sp³-hybridized carbons (Fsp3) is 0.538. The van der Waals surface area contributed by atoms with Gasteiger partial charge < -0.3 is 5.32 Å². The van der Waals surface area contributed by atoms with Gasteiger partial charge in [-0.3, -0.25) is 0 Å². The van der Waals surface area contributed by atoms with Gasteiger partial charge in [-0.2, -0.15) is 0 Å². The van der Waals surface area contributed by atoms with Gasteiger partial charge in [0.15, 0.2) is 0 Å². The molecular weight excluding hydrogens is 269 g/mol. The Hall–Kier alpha value is -0.410. The first-order valence-corrected chi connectivity index (χ1v) is 6.46. The van der Waals surface area contributed by atoms with E-state index in [4.69, 9.17) is 0 Å². The molecule has 0 aliphatic carbocycles. The van der Waals surface area contributed by atoms with Crippen LogP contribution in [0.5, 0.6) is 0 Å². The average molecular weight is 288 g/mol. The highest BCUT2D eigenvalue weighted by atomic mass is 79.9. The predicted octanol–water partition coefficient (Wildman–Crippen LogP) is 4.28. The standard InChI is InChI=1S/C13H19BrFN/c1-9(2)4-7-13(16-3)10-5-6-12(15)11(14)8-10/h5-6,8-9,13,16H,4,7H2,1-3H3. The van der Waals surface area contributed by atoms with Crippen molar-refractivity contribution < 1.29 is 4.39 Å². The molecule has 3 heteroatoms. The number of nitrogens with one attached hydrogen (secondary N) is 1. The second-order valence-corrected chi connectivity index (χ2v) is 5.34. The van der Waals surface area contributed by atoms with Gasteiger partial charge in [-0.15, -0.1) is 0 Å². The summed E-state index contributed by atoms with van der Waals surface area (Å²) in [7, 11) is 1.95. The molecule has 0 saturated carbocycles. The van der Waals surface area contributed by atoms with E-state index in [0.29, 0.717) is 16.4 Å². The van der Waals surface area contributed by atoms with Crippen molar-refractivity contribution in [3.8, 4) is 0 Å². The molecule has 0 saturated heterocycles. The topological polar surface area (TPSA) is 12.0 Å². The van der Waals surface area contributed by atoms with Crippen LogP contribution in [-0.4, -0.2) is 7.05 Å². The van der Waals surface area contributed by atoms with Crippen LogP contribution in [0.2, 0.25) is 0 Å². The summed E-state index contributed by atoms with van der Waals surface area (Å²) in [6.45, 7) is 4.43. The van der Waals surface area contributed by atoms with Crippen molar-refractivity contribution >= 4 is 15.9 Å². The molecule has 0 aliphatic heterocycles. The van der Waals surface area contributed by atoms with Crippen LogP contribution in [0, 0.1) is 11.7 Å². The van der Waals surface area contributed by atoms with E-state index in [0.717, 1.165) is 12.0 Å². The van der Waals surface area contributed by atoms with Crippen LogP contribution >= 0.6 is 15.9 Å². The predicted molar refractivity (Wildman–Crippen MR) is 70.0 cm³/mol. The molecule has 0 aromatic heterocycles. The van der Waals surface area contributed by atoms with Crippen LogP contribution < -0.4 is 5.32 Å². The minimum atomic E-state index is -0.206. The highest BCUT2D eigenvalue weighted by Gasteiger charge is 2.11. The first-order chi connectivity index (χ1) is 7.54. The number of halogens is 2. The average Bonchev–Trinajstić information content (AvgIpc) is 2.23. The van der Waals surface area contributed by atoms with E-state index in [1.165, 1.54) is 12.5 Å². The van der Waals surface area contributed by atoms with Crippen molar-refractivity contribution in [1.82, 2.24) is 5.32 Å². The fourth-order valence-corrected chi connectivity index (χ4v) is 2.10. The SMILES string of the molecule is CNC(CCC(C)C)c1ccc(F)c(Br)c1. The summed E-state index contributed by atoms with van der Waals surface area (Å²) in [5.74, 6) is 0.488. The van der Waals surface area contributed by atoms with E-state index in [9.17, 15) is 4.39 Å². The van der Waals surface area contributed by atoms with Crippen LogP contribution in [0.15, 0.2) is 22.7 Å². The molecule has 0 fully saturated rings. The van der Waals surface area contributed by atoms with Gasteiger partial charge >= 0.3 is 0 Å². The molecule has 16 heavy (non-hydrogen) atoms. The maximum atomic E-state index is 13.1. The zero-order valence-electron chi connectivity index (χ0n) is 10.1. The molecule has 1 aromatic carbocycles. The Morgan fingerprint density at radius 2 is 2.00 bits per heavy atom. The highest BCUT2D eigenvalue weighted by molar-refractivity contribution is 9.10. The molecule has 1 rings (SSSR count). The molecule has 0 spiro atoms. The normalized spacial score (nSPS) is 13.1. The zero-order chi connectivity index (χ0) is 12.1. The van der Waals surface area contributed by atoms with Crippen LogP contribution in [0.4, 0.5) is 4.39 Å². The summed E-state index contributed by atoms with van der Waals surface area (Å²) >= 11 is 3.22. The third-order valence-corrected chi connectivity index (χ3v) is 3.33. The Balaban J connectivity index is 2.74. The van der Waals surface area contributed by atoms with Crippen molar-refractivity contribution in [2.75, 3.05) is 7.05 Å². The summed E-state index contributed by atoms with van der Waals surface area (Å²) in [5, 5.41) is 3.28.